The quantitative estimate of drug-likeness (QED) is 0.359. The third-order valence-electron chi connectivity index (χ3n) is 4.47. The minimum Gasteiger partial charge on any atom is -0.459 e. The number of hydrogen-bond donors (Lipinski definition) is 0. The number of rotatable bonds is 8. The second-order valence-electron chi connectivity index (χ2n) is 7.17. The van der Waals surface area contributed by atoms with Crippen molar-refractivity contribution in [2.75, 3.05) is 0 Å². The SMILES string of the molecule is CC(C)C(/C=C/c1ccc(Cl)cc1)C(=O)OCc1cccc(Sc2ccccc2)n1. The standard InChI is InChI=1S/C25H24ClNO2S/c1-18(2)23(16-13-19-11-14-20(26)15-12-19)25(28)29-17-21-7-6-10-24(27-21)30-22-8-4-3-5-9-22/h3-16,18,23H,17H2,1-2H3/b16-13+. The lowest BCUT2D eigenvalue weighted by Crippen LogP contribution is -2.21. The highest BCUT2D eigenvalue weighted by Gasteiger charge is 2.21. The van der Waals surface area contributed by atoms with Crippen LogP contribution in [0.4, 0.5) is 0 Å². The van der Waals surface area contributed by atoms with E-state index in [1.165, 1.54) is 0 Å². The molecule has 0 saturated carbocycles. The Morgan fingerprint density at radius 3 is 2.47 bits per heavy atom. The Bertz CT molecular complexity index is 988. The number of carbonyl (C=O) groups excluding carboxylic acids is 1. The number of nitrogens with zero attached hydrogens (tertiary/aromatic N) is 1. The maximum Gasteiger partial charge on any atom is 0.313 e. The zero-order valence-electron chi connectivity index (χ0n) is 17.0. The van der Waals surface area contributed by atoms with Crippen LogP contribution in [0.1, 0.15) is 25.1 Å². The van der Waals surface area contributed by atoms with Crippen molar-refractivity contribution in [3.8, 4) is 0 Å². The van der Waals surface area contributed by atoms with Gasteiger partial charge in [-0.3, -0.25) is 4.79 Å². The van der Waals surface area contributed by atoms with E-state index in [0.29, 0.717) is 5.02 Å². The first kappa shape index (κ1) is 22.1. The molecule has 30 heavy (non-hydrogen) atoms. The van der Waals surface area contributed by atoms with Crippen LogP contribution in [0.3, 0.4) is 0 Å². The van der Waals surface area contributed by atoms with Gasteiger partial charge in [0, 0.05) is 9.92 Å². The maximum absolute atomic E-state index is 12.7. The monoisotopic (exact) mass is 437 g/mol. The van der Waals surface area contributed by atoms with Crippen LogP contribution >= 0.6 is 23.4 Å². The van der Waals surface area contributed by atoms with Crippen LogP contribution < -0.4 is 0 Å². The average Bonchev–Trinajstić information content (AvgIpc) is 2.74. The van der Waals surface area contributed by atoms with Gasteiger partial charge in [0.15, 0.2) is 0 Å². The summed E-state index contributed by atoms with van der Waals surface area (Å²) in [6, 6.07) is 23.3. The summed E-state index contributed by atoms with van der Waals surface area (Å²) in [6.07, 6.45) is 3.82. The molecule has 0 N–H and O–H groups in total. The summed E-state index contributed by atoms with van der Waals surface area (Å²) in [4.78, 5) is 18.4. The van der Waals surface area contributed by atoms with Gasteiger partial charge in [-0.1, -0.05) is 85.8 Å². The number of benzene rings is 2. The first-order valence-corrected chi connectivity index (χ1v) is 11.0. The Morgan fingerprint density at radius 2 is 1.77 bits per heavy atom. The smallest absolute Gasteiger partial charge is 0.313 e. The largest absolute Gasteiger partial charge is 0.459 e. The van der Waals surface area contributed by atoms with Crippen molar-refractivity contribution in [3.63, 3.8) is 0 Å². The molecule has 3 aromatic rings. The topological polar surface area (TPSA) is 39.2 Å². The van der Waals surface area contributed by atoms with E-state index in [9.17, 15) is 4.79 Å². The molecule has 0 fully saturated rings. The Hall–Kier alpha value is -2.56. The van der Waals surface area contributed by atoms with Crippen LogP contribution in [0.15, 0.2) is 88.8 Å². The fourth-order valence-electron chi connectivity index (χ4n) is 2.81. The highest BCUT2D eigenvalue weighted by atomic mass is 35.5. The van der Waals surface area contributed by atoms with Crippen LogP contribution in [0.2, 0.25) is 5.02 Å². The van der Waals surface area contributed by atoms with E-state index < -0.39 is 0 Å². The molecule has 1 unspecified atom stereocenters. The van der Waals surface area contributed by atoms with Crippen molar-refractivity contribution in [2.45, 2.75) is 30.4 Å². The van der Waals surface area contributed by atoms with Gasteiger partial charge in [0.2, 0.25) is 0 Å². The van der Waals surface area contributed by atoms with Gasteiger partial charge in [-0.2, -0.15) is 0 Å². The van der Waals surface area contributed by atoms with Crippen LogP contribution in [-0.2, 0) is 16.1 Å². The lowest BCUT2D eigenvalue weighted by Gasteiger charge is -2.16. The lowest BCUT2D eigenvalue weighted by molar-refractivity contribution is -0.149. The van der Waals surface area contributed by atoms with Crippen molar-refractivity contribution in [1.29, 1.82) is 0 Å². The van der Waals surface area contributed by atoms with Crippen molar-refractivity contribution in [2.24, 2.45) is 11.8 Å². The van der Waals surface area contributed by atoms with E-state index in [2.05, 4.69) is 4.98 Å². The molecule has 0 aliphatic carbocycles. The predicted molar refractivity (Wildman–Crippen MR) is 123 cm³/mol. The van der Waals surface area contributed by atoms with Crippen molar-refractivity contribution < 1.29 is 9.53 Å². The third kappa shape index (κ3) is 6.75. The molecule has 0 saturated heterocycles. The summed E-state index contributed by atoms with van der Waals surface area (Å²) in [5.74, 6) is -0.463. The van der Waals surface area contributed by atoms with E-state index in [4.69, 9.17) is 16.3 Å². The maximum atomic E-state index is 12.7. The van der Waals surface area contributed by atoms with E-state index in [1.54, 1.807) is 11.8 Å². The summed E-state index contributed by atoms with van der Waals surface area (Å²) >= 11 is 7.51. The van der Waals surface area contributed by atoms with Gasteiger partial charge in [0.05, 0.1) is 11.6 Å². The van der Waals surface area contributed by atoms with Crippen LogP contribution in [0.5, 0.6) is 0 Å². The molecular weight excluding hydrogens is 414 g/mol. The Morgan fingerprint density at radius 1 is 1.03 bits per heavy atom. The van der Waals surface area contributed by atoms with Gasteiger partial charge in [-0.25, -0.2) is 4.98 Å². The molecule has 0 aliphatic heterocycles. The molecule has 2 aromatic carbocycles. The Labute approximate surface area is 187 Å². The molecule has 1 aromatic heterocycles. The first-order valence-electron chi connectivity index (χ1n) is 9.80. The zero-order chi connectivity index (χ0) is 21.3. The molecule has 0 radical (unpaired) electrons. The molecule has 3 nitrogen and oxygen atoms in total. The summed E-state index contributed by atoms with van der Waals surface area (Å²) < 4.78 is 5.58. The van der Waals surface area contributed by atoms with Gasteiger partial charge in [0.1, 0.15) is 11.6 Å². The average molecular weight is 438 g/mol. The fourth-order valence-corrected chi connectivity index (χ4v) is 3.78. The number of halogens is 1. The van der Waals surface area contributed by atoms with Crippen LogP contribution in [0.25, 0.3) is 6.08 Å². The second-order valence-corrected chi connectivity index (χ2v) is 8.70. The fraction of sp³-hybridized carbons (Fsp3) is 0.200. The predicted octanol–water partition coefficient (Wildman–Crippen LogP) is 6.92. The number of esters is 1. The molecule has 0 bridgehead atoms. The third-order valence-corrected chi connectivity index (χ3v) is 5.66. The molecule has 1 heterocycles. The summed E-state index contributed by atoms with van der Waals surface area (Å²) in [5, 5.41) is 1.56. The Kier molecular flexibility index (Phi) is 8.12. The summed E-state index contributed by atoms with van der Waals surface area (Å²) in [5.41, 5.74) is 1.72. The molecule has 0 aliphatic rings. The minimum atomic E-state index is -0.331. The van der Waals surface area contributed by atoms with Crippen LogP contribution in [0, 0.1) is 11.8 Å². The van der Waals surface area contributed by atoms with Gasteiger partial charge >= 0.3 is 5.97 Å². The lowest BCUT2D eigenvalue weighted by atomic mass is 9.95. The normalized spacial score (nSPS) is 12.3. The van der Waals surface area contributed by atoms with E-state index in [-0.39, 0.29) is 24.4 Å². The summed E-state index contributed by atoms with van der Waals surface area (Å²) in [6.45, 7) is 4.17. The minimum absolute atomic E-state index is 0.119. The van der Waals surface area contributed by atoms with Crippen molar-refractivity contribution in [1.82, 2.24) is 4.98 Å². The van der Waals surface area contributed by atoms with Crippen LogP contribution in [-0.4, -0.2) is 11.0 Å². The number of pyridine rings is 1. The molecule has 1 atom stereocenters. The number of aromatic nitrogens is 1. The van der Waals surface area contributed by atoms with E-state index >= 15 is 0 Å². The van der Waals surface area contributed by atoms with Crippen molar-refractivity contribution in [3.05, 3.63) is 95.2 Å². The number of carbonyl (C=O) groups is 1. The molecule has 0 spiro atoms. The Balaban J connectivity index is 1.61. The first-order chi connectivity index (χ1) is 14.5. The second kappa shape index (κ2) is 11.0. The van der Waals surface area contributed by atoms with Gasteiger partial charge in [-0.15, -0.1) is 0 Å². The van der Waals surface area contributed by atoms with E-state index in [0.717, 1.165) is 21.2 Å². The number of ether oxygens (including phenoxy) is 1. The molecule has 5 heteroatoms. The zero-order valence-corrected chi connectivity index (χ0v) is 18.6. The molecule has 3 rings (SSSR count). The van der Waals surface area contributed by atoms with Crippen molar-refractivity contribution >= 4 is 35.4 Å². The molecular formula is C25H24ClNO2S. The van der Waals surface area contributed by atoms with Gasteiger partial charge in [0.25, 0.3) is 0 Å². The number of hydrogen-bond acceptors (Lipinski definition) is 4. The summed E-state index contributed by atoms with van der Waals surface area (Å²) in [7, 11) is 0. The highest BCUT2D eigenvalue weighted by molar-refractivity contribution is 7.99. The highest BCUT2D eigenvalue weighted by Crippen LogP contribution is 2.26. The molecule has 154 valence electrons. The van der Waals surface area contributed by atoms with E-state index in [1.807, 2.05) is 98.8 Å². The molecule has 0 amide bonds. The van der Waals surface area contributed by atoms with Gasteiger partial charge in [-0.05, 0) is 47.9 Å². The van der Waals surface area contributed by atoms with Gasteiger partial charge < -0.3 is 4.74 Å².